The number of aryl methyl sites for hydroxylation is 2. The molecule has 0 aliphatic heterocycles. The number of benzene rings is 11. The summed E-state index contributed by atoms with van der Waals surface area (Å²) < 4.78 is 4.79. The van der Waals surface area contributed by atoms with Gasteiger partial charge in [-0.3, -0.25) is 0 Å². The molecule has 0 spiro atoms. The summed E-state index contributed by atoms with van der Waals surface area (Å²) in [5.74, 6) is 1.70. The largest absolute Gasteiger partial charge is 0.309 e. The van der Waals surface area contributed by atoms with Crippen LogP contribution in [0.3, 0.4) is 0 Å². The Morgan fingerprint density at radius 2 is 0.692 bits per heavy atom. The number of para-hydroxylation sites is 2. The summed E-state index contributed by atoms with van der Waals surface area (Å²) in [6.07, 6.45) is 0. The van der Waals surface area contributed by atoms with Crippen LogP contribution in [0.2, 0.25) is 0 Å². The van der Waals surface area contributed by atoms with Gasteiger partial charge < -0.3 is 9.13 Å². The van der Waals surface area contributed by atoms with Crippen LogP contribution in [-0.2, 0) is 0 Å². The number of hydrogen-bond donors (Lipinski definition) is 0. The van der Waals surface area contributed by atoms with Crippen LogP contribution in [0.5, 0.6) is 0 Å². The highest BCUT2D eigenvalue weighted by molar-refractivity contribution is 6.12. The Morgan fingerprint density at radius 1 is 0.295 bits per heavy atom. The summed E-state index contributed by atoms with van der Waals surface area (Å²) >= 11 is 0. The van der Waals surface area contributed by atoms with Gasteiger partial charge in [0.2, 0.25) is 0 Å². The molecular weight excluding hydrogens is 949 g/mol. The minimum atomic E-state index is 0.543. The average molecular weight is 997 g/mol. The Hall–Kier alpha value is -10.5. The van der Waals surface area contributed by atoms with Crippen molar-refractivity contribution in [2.45, 2.75) is 13.8 Å². The van der Waals surface area contributed by atoms with Gasteiger partial charge in [-0.1, -0.05) is 193 Å². The molecule has 0 aliphatic carbocycles. The van der Waals surface area contributed by atoms with Crippen molar-refractivity contribution in [3.05, 3.63) is 271 Å². The highest BCUT2D eigenvalue weighted by Crippen LogP contribution is 2.44. The molecule has 14 rings (SSSR count). The molecule has 0 atom stereocenters. The van der Waals surface area contributed by atoms with Gasteiger partial charge in [-0.05, 0) is 126 Å². The molecule has 11 aromatic carbocycles. The molecule has 366 valence electrons. The summed E-state index contributed by atoms with van der Waals surface area (Å²) in [7, 11) is 0. The van der Waals surface area contributed by atoms with Crippen LogP contribution in [0.4, 0.5) is 0 Å². The molecule has 0 unspecified atom stereocenters. The van der Waals surface area contributed by atoms with Crippen LogP contribution in [-0.4, -0.2) is 24.1 Å². The Labute approximate surface area is 452 Å². The molecule has 0 radical (unpaired) electrons. The molecule has 0 bridgehead atoms. The van der Waals surface area contributed by atoms with E-state index in [2.05, 4.69) is 229 Å². The summed E-state index contributed by atoms with van der Waals surface area (Å²) in [6, 6.07) is 92.5. The minimum absolute atomic E-state index is 0.543. The summed E-state index contributed by atoms with van der Waals surface area (Å²) in [4.78, 5) is 16.0. The van der Waals surface area contributed by atoms with Crippen molar-refractivity contribution in [3.8, 4) is 96.1 Å². The van der Waals surface area contributed by atoms with E-state index in [-0.39, 0.29) is 0 Å². The smallest absolute Gasteiger partial charge is 0.166 e. The van der Waals surface area contributed by atoms with Crippen molar-refractivity contribution in [3.63, 3.8) is 0 Å². The molecular formula is C72H48N6. The van der Waals surface area contributed by atoms with Crippen LogP contribution in [0.15, 0.2) is 255 Å². The molecule has 0 fully saturated rings. The second-order valence-corrected chi connectivity index (χ2v) is 20.1. The Bertz CT molecular complexity index is 4650. The van der Waals surface area contributed by atoms with E-state index in [1.54, 1.807) is 0 Å². The maximum atomic E-state index is 10.1. The Balaban J connectivity index is 1.06. The lowest BCUT2D eigenvalue weighted by Crippen LogP contribution is -2.04. The standard InChI is InChI=1S/C72H48N6/c1-46-16-13-23-51(38-46)55-31-35-67-61(42-55)58-26-9-11-28-64(58)77(67)66-34-30-54(53-25-15-18-48(40-53)45-73)41-60(66)57-33-37-69(63(44-57)72-75-70(49-19-5-3-6-20-49)74-71(76-72)50-21-7-4-8-22-50)78-65-29-12-10-27-59(65)62-43-56(32-36-68(62)78)52-24-14-17-47(2)39-52/h3-44H,1-2H3. The maximum Gasteiger partial charge on any atom is 0.166 e. The first-order chi connectivity index (χ1) is 38.4. The molecule has 0 saturated carbocycles. The van der Waals surface area contributed by atoms with Crippen molar-refractivity contribution in [2.24, 2.45) is 0 Å². The van der Waals surface area contributed by atoms with Gasteiger partial charge in [0.15, 0.2) is 17.5 Å². The number of aromatic nitrogens is 5. The fourth-order valence-corrected chi connectivity index (χ4v) is 11.4. The molecule has 0 saturated heterocycles. The molecule has 3 aromatic heterocycles. The average Bonchev–Trinajstić information content (AvgIpc) is 4.23. The van der Waals surface area contributed by atoms with E-state index < -0.39 is 0 Å². The van der Waals surface area contributed by atoms with Crippen molar-refractivity contribution < 1.29 is 0 Å². The number of hydrogen-bond acceptors (Lipinski definition) is 4. The van der Waals surface area contributed by atoms with E-state index in [1.165, 1.54) is 38.6 Å². The lowest BCUT2D eigenvalue weighted by molar-refractivity contribution is 1.06. The van der Waals surface area contributed by atoms with E-state index in [4.69, 9.17) is 15.0 Å². The third-order valence-electron chi connectivity index (χ3n) is 15.1. The van der Waals surface area contributed by atoms with Crippen LogP contribution < -0.4 is 0 Å². The molecule has 0 amide bonds. The first-order valence-electron chi connectivity index (χ1n) is 26.3. The van der Waals surface area contributed by atoms with Gasteiger partial charge in [-0.15, -0.1) is 0 Å². The summed E-state index contributed by atoms with van der Waals surface area (Å²) in [6.45, 7) is 4.28. The van der Waals surface area contributed by atoms with Crippen LogP contribution >= 0.6 is 0 Å². The van der Waals surface area contributed by atoms with Crippen molar-refractivity contribution in [1.29, 1.82) is 5.26 Å². The summed E-state index contributed by atoms with van der Waals surface area (Å²) in [5, 5.41) is 14.7. The fourth-order valence-electron chi connectivity index (χ4n) is 11.4. The van der Waals surface area contributed by atoms with E-state index in [9.17, 15) is 5.26 Å². The summed E-state index contributed by atoms with van der Waals surface area (Å²) in [5.41, 5.74) is 20.5. The third-order valence-corrected chi connectivity index (χ3v) is 15.1. The maximum absolute atomic E-state index is 10.1. The van der Waals surface area contributed by atoms with Crippen molar-refractivity contribution >= 4 is 43.6 Å². The zero-order valence-corrected chi connectivity index (χ0v) is 42.9. The normalized spacial score (nSPS) is 11.4. The predicted octanol–water partition coefficient (Wildman–Crippen LogP) is 18.2. The van der Waals surface area contributed by atoms with Gasteiger partial charge in [-0.2, -0.15) is 5.26 Å². The number of fused-ring (bicyclic) bond motifs is 6. The molecule has 14 aromatic rings. The lowest BCUT2D eigenvalue weighted by atomic mass is 9.94. The van der Waals surface area contributed by atoms with Gasteiger partial charge in [0.25, 0.3) is 0 Å². The quantitative estimate of drug-likeness (QED) is 0.144. The molecule has 78 heavy (non-hydrogen) atoms. The second-order valence-electron chi connectivity index (χ2n) is 20.1. The topological polar surface area (TPSA) is 72.3 Å². The third kappa shape index (κ3) is 8.10. The lowest BCUT2D eigenvalue weighted by Gasteiger charge is -2.19. The van der Waals surface area contributed by atoms with E-state index >= 15 is 0 Å². The molecule has 6 heteroatoms. The molecule has 6 nitrogen and oxygen atoms in total. The predicted molar refractivity (Wildman–Crippen MR) is 321 cm³/mol. The Kier molecular flexibility index (Phi) is 11.2. The van der Waals surface area contributed by atoms with Gasteiger partial charge in [0.1, 0.15) is 0 Å². The van der Waals surface area contributed by atoms with Crippen LogP contribution in [0.1, 0.15) is 16.7 Å². The highest BCUT2D eigenvalue weighted by atomic mass is 15.1. The van der Waals surface area contributed by atoms with Crippen LogP contribution in [0.25, 0.3) is 134 Å². The van der Waals surface area contributed by atoms with Crippen molar-refractivity contribution in [1.82, 2.24) is 24.1 Å². The number of nitrogens with zero attached hydrogens (tertiary/aromatic N) is 6. The molecule has 0 aliphatic rings. The zero-order chi connectivity index (χ0) is 52.3. The van der Waals surface area contributed by atoms with Crippen molar-refractivity contribution in [2.75, 3.05) is 0 Å². The van der Waals surface area contributed by atoms with E-state index in [0.29, 0.717) is 23.0 Å². The fraction of sp³-hybridized carbons (Fsp3) is 0.0278. The number of nitriles is 1. The van der Waals surface area contributed by atoms with Gasteiger partial charge in [-0.25, -0.2) is 15.0 Å². The van der Waals surface area contributed by atoms with Gasteiger partial charge in [0.05, 0.1) is 45.1 Å². The van der Waals surface area contributed by atoms with Gasteiger partial charge >= 0.3 is 0 Å². The SMILES string of the molecule is Cc1cccc(-c2ccc3c(c2)c2ccccc2n3-c2ccc(-c3cccc(C#N)c3)cc2-c2ccc(-n3c4ccccc4c4cc(-c5cccc(C)c5)ccc43)c(-c3nc(-c4ccccc4)nc(-c4ccccc4)n3)c2)c1. The zero-order valence-electron chi connectivity index (χ0n) is 42.9. The highest BCUT2D eigenvalue weighted by Gasteiger charge is 2.23. The van der Waals surface area contributed by atoms with E-state index in [0.717, 1.165) is 88.7 Å². The van der Waals surface area contributed by atoms with E-state index in [1.807, 2.05) is 54.6 Å². The first kappa shape index (κ1) is 46.1. The Morgan fingerprint density at radius 3 is 1.23 bits per heavy atom. The molecule has 0 N–H and O–H groups in total. The monoisotopic (exact) mass is 996 g/mol. The van der Waals surface area contributed by atoms with Gasteiger partial charge in [0, 0.05) is 43.8 Å². The minimum Gasteiger partial charge on any atom is -0.309 e. The molecule has 3 heterocycles. The first-order valence-corrected chi connectivity index (χ1v) is 26.3. The number of rotatable bonds is 9. The second kappa shape index (κ2) is 19.0. The van der Waals surface area contributed by atoms with Crippen LogP contribution in [0, 0.1) is 25.2 Å².